The van der Waals surface area contributed by atoms with Gasteiger partial charge in [-0.1, -0.05) is 0 Å². The smallest absolute Gasteiger partial charge is 0.409 e. The number of ether oxygens (including phenoxy) is 1. The third kappa shape index (κ3) is 4.15. The molecule has 2 rings (SSSR count). The highest BCUT2D eigenvalue weighted by Gasteiger charge is 2.24. The van der Waals surface area contributed by atoms with Crippen LogP contribution >= 0.6 is 0 Å². The van der Waals surface area contributed by atoms with Crippen LogP contribution in [0, 0.1) is 0 Å². The Morgan fingerprint density at radius 3 is 2.42 bits per heavy atom. The minimum Gasteiger partial charge on any atom is -0.478 e. The highest BCUT2D eigenvalue weighted by atomic mass is 16.6. The molecule has 0 aliphatic carbocycles. The summed E-state index contributed by atoms with van der Waals surface area (Å²) in [5, 5.41) is 11.8. The SMILES string of the molecule is CCOC(=O)N1CCN(c2ccc(C(=O)O)cc2NC(C)=O)CC1. The summed E-state index contributed by atoms with van der Waals surface area (Å²) in [4.78, 5) is 37.9. The molecule has 8 heteroatoms. The first-order valence-electron chi connectivity index (χ1n) is 7.74. The number of carboxylic acid groups (broad SMARTS) is 1. The van der Waals surface area contributed by atoms with Crippen molar-refractivity contribution in [2.45, 2.75) is 13.8 Å². The Morgan fingerprint density at radius 1 is 1.21 bits per heavy atom. The molecule has 1 heterocycles. The predicted octanol–water partition coefficient (Wildman–Crippen LogP) is 1.62. The van der Waals surface area contributed by atoms with Gasteiger partial charge in [0.15, 0.2) is 0 Å². The van der Waals surface area contributed by atoms with Gasteiger partial charge in [-0.3, -0.25) is 4.79 Å². The number of nitrogens with one attached hydrogen (secondary N) is 1. The van der Waals surface area contributed by atoms with Crippen molar-refractivity contribution in [2.24, 2.45) is 0 Å². The maximum Gasteiger partial charge on any atom is 0.409 e. The number of amides is 2. The Balaban J connectivity index is 2.15. The number of anilines is 2. The number of rotatable bonds is 4. The van der Waals surface area contributed by atoms with Crippen LogP contribution in [0.4, 0.5) is 16.2 Å². The number of hydrogen-bond donors (Lipinski definition) is 2. The molecule has 0 radical (unpaired) electrons. The molecule has 24 heavy (non-hydrogen) atoms. The second kappa shape index (κ2) is 7.67. The van der Waals surface area contributed by atoms with Crippen LogP contribution in [0.2, 0.25) is 0 Å². The molecule has 2 N–H and O–H groups in total. The Kier molecular flexibility index (Phi) is 5.62. The van der Waals surface area contributed by atoms with Gasteiger partial charge in [-0.05, 0) is 25.1 Å². The van der Waals surface area contributed by atoms with E-state index >= 15 is 0 Å². The van der Waals surface area contributed by atoms with E-state index in [4.69, 9.17) is 9.84 Å². The summed E-state index contributed by atoms with van der Waals surface area (Å²) in [6.45, 7) is 5.60. The van der Waals surface area contributed by atoms with E-state index in [0.717, 1.165) is 5.69 Å². The summed E-state index contributed by atoms with van der Waals surface area (Å²) in [5.41, 5.74) is 1.29. The molecule has 0 saturated carbocycles. The van der Waals surface area contributed by atoms with E-state index in [1.807, 2.05) is 4.90 Å². The fourth-order valence-electron chi connectivity index (χ4n) is 2.58. The molecule has 1 aliphatic heterocycles. The normalized spacial score (nSPS) is 14.2. The van der Waals surface area contributed by atoms with Crippen molar-refractivity contribution in [3.63, 3.8) is 0 Å². The van der Waals surface area contributed by atoms with Crippen molar-refractivity contribution in [1.29, 1.82) is 0 Å². The minimum absolute atomic E-state index is 0.104. The Bertz CT molecular complexity index is 639. The molecule has 0 spiro atoms. The van der Waals surface area contributed by atoms with Gasteiger partial charge in [-0.2, -0.15) is 0 Å². The quantitative estimate of drug-likeness (QED) is 0.867. The van der Waals surface area contributed by atoms with Gasteiger partial charge in [0.2, 0.25) is 5.91 Å². The molecule has 0 atom stereocenters. The van der Waals surface area contributed by atoms with Crippen LogP contribution in [-0.4, -0.2) is 60.8 Å². The molecular weight excluding hydrogens is 314 g/mol. The van der Waals surface area contributed by atoms with Crippen molar-refractivity contribution in [3.8, 4) is 0 Å². The zero-order valence-electron chi connectivity index (χ0n) is 13.7. The predicted molar refractivity (Wildman–Crippen MR) is 88.5 cm³/mol. The van der Waals surface area contributed by atoms with E-state index in [-0.39, 0.29) is 17.6 Å². The summed E-state index contributed by atoms with van der Waals surface area (Å²) in [5.74, 6) is -1.33. The number of carbonyl (C=O) groups is 3. The van der Waals surface area contributed by atoms with Gasteiger partial charge in [0.05, 0.1) is 23.5 Å². The van der Waals surface area contributed by atoms with Crippen LogP contribution in [0.3, 0.4) is 0 Å². The third-order valence-electron chi connectivity index (χ3n) is 3.70. The molecule has 2 amide bonds. The monoisotopic (exact) mass is 335 g/mol. The molecule has 0 unspecified atom stereocenters. The zero-order valence-corrected chi connectivity index (χ0v) is 13.7. The number of piperazine rings is 1. The van der Waals surface area contributed by atoms with Gasteiger partial charge in [0.1, 0.15) is 0 Å². The van der Waals surface area contributed by atoms with Crippen molar-refractivity contribution in [1.82, 2.24) is 4.90 Å². The van der Waals surface area contributed by atoms with Crippen LogP contribution in [0.5, 0.6) is 0 Å². The lowest BCUT2D eigenvalue weighted by Crippen LogP contribution is -2.49. The number of benzene rings is 1. The summed E-state index contributed by atoms with van der Waals surface area (Å²) in [7, 11) is 0. The number of carboxylic acids is 1. The Hall–Kier alpha value is -2.77. The summed E-state index contributed by atoms with van der Waals surface area (Å²) in [6, 6.07) is 4.62. The number of carbonyl (C=O) groups excluding carboxylic acids is 2. The van der Waals surface area contributed by atoms with Crippen LogP contribution in [0.15, 0.2) is 18.2 Å². The van der Waals surface area contributed by atoms with Crippen molar-refractivity contribution >= 4 is 29.3 Å². The molecule has 0 bridgehead atoms. The van der Waals surface area contributed by atoms with Gasteiger partial charge in [0.25, 0.3) is 0 Å². The van der Waals surface area contributed by atoms with Gasteiger partial charge in [-0.15, -0.1) is 0 Å². The maximum atomic E-state index is 11.7. The first-order chi connectivity index (χ1) is 11.4. The van der Waals surface area contributed by atoms with Crippen LogP contribution < -0.4 is 10.2 Å². The van der Waals surface area contributed by atoms with E-state index in [9.17, 15) is 14.4 Å². The second-order valence-electron chi connectivity index (χ2n) is 5.39. The summed E-state index contributed by atoms with van der Waals surface area (Å²) in [6.07, 6.45) is -0.333. The highest BCUT2D eigenvalue weighted by Crippen LogP contribution is 2.28. The maximum absolute atomic E-state index is 11.7. The van der Waals surface area contributed by atoms with Crippen LogP contribution in [0.25, 0.3) is 0 Å². The highest BCUT2D eigenvalue weighted by molar-refractivity contribution is 5.96. The summed E-state index contributed by atoms with van der Waals surface area (Å²) < 4.78 is 4.99. The molecule has 1 saturated heterocycles. The molecule has 1 aromatic rings. The van der Waals surface area contributed by atoms with Gasteiger partial charge in [-0.25, -0.2) is 9.59 Å². The third-order valence-corrected chi connectivity index (χ3v) is 3.70. The molecule has 130 valence electrons. The number of hydrogen-bond acceptors (Lipinski definition) is 5. The number of aromatic carboxylic acids is 1. The first-order valence-corrected chi connectivity index (χ1v) is 7.74. The minimum atomic E-state index is -1.06. The lowest BCUT2D eigenvalue weighted by molar-refractivity contribution is -0.114. The Labute approximate surface area is 140 Å². The number of nitrogens with zero attached hydrogens (tertiary/aromatic N) is 2. The summed E-state index contributed by atoms with van der Waals surface area (Å²) >= 11 is 0. The van der Waals surface area contributed by atoms with Crippen molar-refractivity contribution in [2.75, 3.05) is 43.0 Å². The molecule has 8 nitrogen and oxygen atoms in total. The van der Waals surface area contributed by atoms with E-state index in [2.05, 4.69) is 5.32 Å². The average molecular weight is 335 g/mol. The van der Waals surface area contributed by atoms with E-state index in [1.165, 1.54) is 19.1 Å². The van der Waals surface area contributed by atoms with Crippen molar-refractivity contribution < 1.29 is 24.2 Å². The van der Waals surface area contributed by atoms with Crippen LogP contribution in [0.1, 0.15) is 24.2 Å². The van der Waals surface area contributed by atoms with Gasteiger partial charge >= 0.3 is 12.1 Å². The molecular formula is C16H21N3O5. The lowest BCUT2D eigenvalue weighted by Gasteiger charge is -2.36. The molecule has 0 aromatic heterocycles. The van der Waals surface area contributed by atoms with Crippen LogP contribution in [-0.2, 0) is 9.53 Å². The molecule has 1 aliphatic rings. The standard InChI is InChI=1S/C16H21N3O5/c1-3-24-16(23)19-8-6-18(7-9-19)14-5-4-12(15(21)22)10-13(14)17-11(2)20/h4-5,10H,3,6-9H2,1-2H3,(H,17,20)(H,21,22). The fraction of sp³-hybridized carbons (Fsp3) is 0.438. The molecule has 1 fully saturated rings. The zero-order chi connectivity index (χ0) is 17.7. The second-order valence-corrected chi connectivity index (χ2v) is 5.39. The Morgan fingerprint density at radius 2 is 1.88 bits per heavy atom. The average Bonchev–Trinajstić information content (AvgIpc) is 2.54. The molecule has 1 aromatic carbocycles. The topological polar surface area (TPSA) is 99.2 Å². The fourth-order valence-corrected chi connectivity index (χ4v) is 2.58. The van der Waals surface area contributed by atoms with Crippen molar-refractivity contribution in [3.05, 3.63) is 23.8 Å². The van der Waals surface area contributed by atoms with E-state index in [1.54, 1.807) is 17.9 Å². The van der Waals surface area contributed by atoms with Gasteiger partial charge in [0, 0.05) is 33.1 Å². The van der Waals surface area contributed by atoms with E-state index in [0.29, 0.717) is 38.5 Å². The lowest BCUT2D eigenvalue weighted by atomic mass is 10.1. The largest absolute Gasteiger partial charge is 0.478 e. The van der Waals surface area contributed by atoms with E-state index < -0.39 is 5.97 Å². The first kappa shape index (κ1) is 17.6. The van der Waals surface area contributed by atoms with Gasteiger partial charge < -0.3 is 25.0 Å².